The lowest BCUT2D eigenvalue weighted by atomic mass is 10.2. The van der Waals surface area contributed by atoms with Crippen LogP contribution >= 0.6 is 0 Å². The normalized spacial score (nSPS) is 19.1. The van der Waals surface area contributed by atoms with Gasteiger partial charge in [-0.1, -0.05) is 18.2 Å². The molecular weight excluding hydrogens is 248 g/mol. The van der Waals surface area contributed by atoms with E-state index in [0.29, 0.717) is 11.9 Å². The molecule has 2 aromatic rings. The van der Waals surface area contributed by atoms with E-state index in [-0.39, 0.29) is 0 Å². The van der Waals surface area contributed by atoms with E-state index in [1.165, 1.54) is 17.7 Å². The van der Waals surface area contributed by atoms with Crippen molar-refractivity contribution in [2.75, 3.05) is 24.1 Å². The molecule has 20 heavy (non-hydrogen) atoms. The van der Waals surface area contributed by atoms with Gasteiger partial charge in [-0.3, -0.25) is 4.90 Å². The molecule has 4 nitrogen and oxygen atoms in total. The summed E-state index contributed by atoms with van der Waals surface area (Å²) in [6, 6.07) is 14.9. The molecule has 2 heterocycles. The second-order valence-electron chi connectivity index (χ2n) is 5.32. The van der Waals surface area contributed by atoms with Crippen LogP contribution in [0.25, 0.3) is 0 Å². The number of aromatic nitrogens is 1. The van der Waals surface area contributed by atoms with E-state index >= 15 is 0 Å². The average Bonchev–Trinajstić information content (AvgIpc) is 2.87. The maximum Gasteiger partial charge on any atom is 0.123 e. The molecule has 0 amide bonds. The molecule has 104 valence electrons. The van der Waals surface area contributed by atoms with Crippen LogP contribution in [0.15, 0.2) is 48.7 Å². The topological polar surface area (TPSA) is 54.2 Å². The van der Waals surface area contributed by atoms with Gasteiger partial charge in [0.15, 0.2) is 0 Å². The highest BCUT2D eigenvalue weighted by Gasteiger charge is 2.22. The van der Waals surface area contributed by atoms with Crippen molar-refractivity contribution in [3.63, 3.8) is 0 Å². The van der Waals surface area contributed by atoms with Crippen LogP contribution in [0.5, 0.6) is 0 Å². The molecule has 0 aliphatic carbocycles. The number of rotatable bonds is 4. The summed E-state index contributed by atoms with van der Waals surface area (Å²) in [7, 11) is 0. The lowest BCUT2D eigenvalue weighted by molar-refractivity contribution is 0.328. The monoisotopic (exact) mass is 268 g/mol. The molecule has 1 atom stereocenters. The number of nitrogens with zero attached hydrogens (tertiary/aromatic N) is 2. The second kappa shape index (κ2) is 5.92. The third-order valence-corrected chi connectivity index (χ3v) is 3.67. The molecule has 1 aromatic heterocycles. The Kier molecular flexibility index (Phi) is 3.83. The average molecular weight is 268 g/mol. The highest BCUT2D eigenvalue weighted by molar-refractivity contribution is 5.43. The van der Waals surface area contributed by atoms with E-state index in [4.69, 9.17) is 5.73 Å². The molecule has 1 aliphatic heterocycles. The van der Waals surface area contributed by atoms with Gasteiger partial charge in [0.25, 0.3) is 0 Å². The van der Waals surface area contributed by atoms with Crippen LogP contribution in [-0.2, 0) is 6.54 Å². The molecule has 1 aliphatic rings. The Morgan fingerprint density at radius 1 is 1.25 bits per heavy atom. The Bertz CT molecular complexity index is 555. The highest BCUT2D eigenvalue weighted by Crippen LogP contribution is 2.18. The van der Waals surface area contributed by atoms with Gasteiger partial charge in [-0.15, -0.1) is 0 Å². The molecule has 0 bridgehead atoms. The van der Waals surface area contributed by atoms with E-state index in [1.807, 2.05) is 18.2 Å². The minimum absolute atomic E-state index is 0.525. The van der Waals surface area contributed by atoms with E-state index in [1.54, 1.807) is 6.20 Å². The number of pyridine rings is 1. The fourth-order valence-corrected chi connectivity index (χ4v) is 2.72. The van der Waals surface area contributed by atoms with Gasteiger partial charge >= 0.3 is 0 Å². The Labute approximate surface area is 119 Å². The third kappa shape index (κ3) is 3.27. The van der Waals surface area contributed by atoms with Crippen molar-refractivity contribution in [2.24, 2.45) is 0 Å². The maximum atomic E-state index is 5.72. The van der Waals surface area contributed by atoms with Crippen LogP contribution in [0.3, 0.4) is 0 Å². The van der Waals surface area contributed by atoms with Crippen molar-refractivity contribution in [2.45, 2.75) is 19.0 Å². The van der Waals surface area contributed by atoms with Crippen molar-refractivity contribution < 1.29 is 0 Å². The van der Waals surface area contributed by atoms with Crippen LogP contribution in [0, 0.1) is 0 Å². The molecular formula is C16H20N4. The molecule has 0 saturated carbocycles. The molecule has 4 heteroatoms. The van der Waals surface area contributed by atoms with Gasteiger partial charge in [0, 0.05) is 37.6 Å². The van der Waals surface area contributed by atoms with Gasteiger partial charge in [-0.25, -0.2) is 4.98 Å². The summed E-state index contributed by atoms with van der Waals surface area (Å²) in [5.74, 6) is 0.598. The first-order valence-corrected chi connectivity index (χ1v) is 7.04. The number of nitrogens with one attached hydrogen (secondary N) is 1. The quantitative estimate of drug-likeness (QED) is 0.893. The molecule has 3 rings (SSSR count). The van der Waals surface area contributed by atoms with Crippen molar-refractivity contribution in [3.8, 4) is 0 Å². The summed E-state index contributed by atoms with van der Waals surface area (Å²) in [5, 5.41) is 3.59. The van der Waals surface area contributed by atoms with Crippen molar-refractivity contribution in [3.05, 3.63) is 54.2 Å². The second-order valence-corrected chi connectivity index (χ2v) is 5.32. The summed E-state index contributed by atoms with van der Waals surface area (Å²) in [6.07, 6.45) is 2.95. The SMILES string of the molecule is Nc1cc(CN2CC[C@H](Nc3ccccc3)C2)ccn1. The molecule has 0 radical (unpaired) electrons. The van der Waals surface area contributed by atoms with E-state index < -0.39 is 0 Å². The molecule has 0 spiro atoms. The van der Waals surface area contributed by atoms with Crippen LogP contribution in [-0.4, -0.2) is 29.0 Å². The van der Waals surface area contributed by atoms with Gasteiger partial charge in [-0.05, 0) is 36.2 Å². The molecule has 3 N–H and O–H groups in total. The predicted octanol–water partition coefficient (Wildman–Crippen LogP) is 2.35. The van der Waals surface area contributed by atoms with Crippen LogP contribution in [0.2, 0.25) is 0 Å². The first-order valence-electron chi connectivity index (χ1n) is 7.04. The van der Waals surface area contributed by atoms with E-state index in [2.05, 4.69) is 39.5 Å². The number of benzene rings is 1. The number of anilines is 2. The summed E-state index contributed by atoms with van der Waals surface area (Å²) < 4.78 is 0. The van der Waals surface area contributed by atoms with Gasteiger partial charge in [0.05, 0.1) is 0 Å². The van der Waals surface area contributed by atoms with Gasteiger partial charge in [-0.2, -0.15) is 0 Å². The number of hydrogen-bond acceptors (Lipinski definition) is 4. The Morgan fingerprint density at radius 2 is 2.10 bits per heavy atom. The molecule has 1 saturated heterocycles. The fourth-order valence-electron chi connectivity index (χ4n) is 2.72. The van der Waals surface area contributed by atoms with Gasteiger partial charge in [0.2, 0.25) is 0 Å². The minimum Gasteiger partial charge on any atom is -0.384 e. The summed E-state index contributed by atoms with van der Waals surface area (Å²) >= 11 is 0. The number of nitrogen functional groups attached to an aromatic ring is 1. The largest absolute Gasteiger partial charge is 0.384 e. The number of likely N-dealkylation sites (tertiary alicyclic amines) is 1. The number of nitrogens with two attached hydrogens (primary N) is 1. The Hall–Kier alpha value is -2.07. The van der Waals surface area contributed by atoms with Crippen LogP contribution < -0.4 is 11.1 Å². The highest BCUT2D eigenvalue weighted by atomic mass is 15.2. The van der Waals surface area contributed by atoms with Crippen molar-refractivity contribution >= 4 is 11.5 Å². The number of para-hydroxylation sites is 1. The van der Waals surface area contributed by atoms with Gasteiger partial charge in [0.1, 0.15) is 5.82 Å². The number of hydrogen-bond donors (Lipinski definition) is 2. The zero-order valence-corrected chi connectivity index (χ0v) is 11.5. The van der Waals surface area contributed by atoms with Crippen LogP contribution in [0.1, 0.15) is 12.0 Å². The third-order valence-electron chi connectivity index (χ3n) is 3.67. The first-order chi connectivity index (χ1) is 9.79. The standard InChI is InChI=1S/C16H20N4/c17-16-10-13(6-8-18-16)11-20-9-7-15(12-20)19-14-4-2-1-3-5-14/h1-6,8,10,15,19H,7,9,11-12H2,(H2,17,18)/t15-/m0/s1. The molecule has 1 aromatic carbocycles. The molecule has 0 unspecified atom stereocenters. The zero-order valence-electron chi connectivity index (χ0n) is 11.5. The maximum absolute atomic E-state index is 5.72. The van der Waals surface area contributed by atoms with Gasteiger partial charge < -0.3 is 11.1 Å². The summed E-state index contributed by atoms with van der Waals surface area (Å²) in [5.41, 5.74) is 8.16. The predicted molar refractivity (Wildman–Crippen MR) is 82.4 cm³/mol. The minimum atomic E-state index is 0.525. The first kappa shape index (κ1) is 12.9. The van der Waals surface area contributed by atoms with E-state index in [0.717, 1.165) is 19.6 Å². The fraction of sp³-hybridized carbons (Fsp3) is 0.312. The van der Waals surface area contributed by atoms with E-state index in [9.17, 15) is 0 Å². The summed E-state index contributed by atoms with van der Waals surface area (Å²) in [6.45, 7) is 3.13. The lowest BCUT2D eigenvalue weighted by Crippen LogP contribution is -2.26. The smallest absolute Gasteiger partial charge is 0.123 e. The zero-order chi connectivity index (χ0) is 13.8. The summed E-state index contributed by atoms with van der Waals surface area (Å²) in [4.78, 5) is 6.49. The lowest BCUT2D eigenvalue weighted by Gasteiger charge is -2.17. The Balaban J connectivity index is 1.54. The molecule has 1 fully saturated rings. The van der Waals surface area contributed by atoms with Crippen molar-refractivity contribution in [1.82, 2.24) is 9.88 Å². The van der Waals surface area contributed by atoms with Crippen LogP contribution in [0.4, 0.5) is 11.5 Å². The van der Waals surface area contributed by atoms with Crippen molar-refractivity contribution in [1.29, 1.82) is 0 Å². The Morgan fingerprint density at radius 3 is 2.90 bits per heavy atom.